The summed E-state index contributed by atoms with van der Waals surface area (Å²) in [6.45, 7) is 0. The molecule has 2 aliphatic carbocycles. The van der Waals surface area contributed by atoms with Crippen molar-refractivity contribution in [1.29, 1.82) is 0 Å². The van der Waals surface area contributed by atoms with Gasteiger partial charge in [-0.05, 0) is 25.3 Å². The Hall–Kier alpha value is -2.51. The van der Waals surface area contributed by atoms with Crippen LogP contribution in [0.3, 0.4) is 0 Å². The van der Waals surface area contributed by atoms with E-state index in [-0.39, 0.29) is 24.8 Å². The largest absolute Gasteiger partial charge is 0.321 e. The maximum atomic E-state index is 13.8. The van der Waals surface area contributed by atoms with Crippen LogP contribution in [0, 0.1) is 11.6 Å². The van der Waals surface area contributed by atoms with Crippen molar-refractivity contribution in [2.75, 3.05) is 0 Å². The van der Waals surface area contributed by atoms with E-state index in [1.807, 2.05) is 4.57 Å². The topological polar surface area (TPSA) is 43.6 Å². The summed E-state index contributed by atoms with van der Waals surface area (Å²) in [7, 11) is 0. The quantitative estimate of drug-likeness (QED) is 0.604. The minimum Gasteiger partial charge on any atom is -0.321 e. The molecular weight excluding hydrogens is 360 g/mol. The Balaban J connectivity index is 1.62. The van der Waals surface area contributed by atoms with E-state index < -0.39 is 17.6 Å². The first-order valence-electron chi connectivity index (χ1n) is 8.99. The second kappa shape index (κ2) is 5.74. The lowest BCUT2D eigenvalue weighted by Gasteiger charge is -2.12. The molecule has 27 heavy (non-hydrogen) atoms. The van der Waals surface area contributed by atoms with Crippen molar-refractivity contribution in [3.63, 3.8) is 0 Å². The first-order chi connectivity index (χ1) is 12.9. The van der Waals surface area contributed by atoms with Crippen molar-refractivity contribution in [3.8, 4) is 11.4 Å². The van der Waals surface area contributed by atoms with E-state index in [2.05, 4.69) is 15.2 Å². The molecule has 1 atom stereocenters. The van der Waals surface area contributed by atoms with Crippen LogP contribution in [-0.2, 0) is 0 Å². The van der Waals surface area contributed by atoms with Crippen LogP contribution < -0.4 is 0 Å². The molecule has 0 N–H and O–H groups in total. The number of nitrogens with zero attached hydrogens (tertiary/aromatic N) is 4. The molecule has 8 heteroatoms. The Labute approximate surface area is 152 Å². The smallest absolute Gasteiger partial charge is 0.248 e. The predicted molar refractivity (Wildman–Crippen MR) is 90.5 cm³/mol. The van der Waals surface area contributed by atoms with Crippen LogP contribution in [0.1, 0.15) is 49.8 Å². The van der Waals surface area contributed by atoms with E-state index in [1.54, 1.807) is 6.07 Å². The highest BCUT2D eigenvalue weighted by Crippen LogP contribution is 2.45. The Morgan fingerprint density at radius 2 is 1.81 bits per heavy atom. The van der Waals surface area contributed by atoms with Crippen molar-refractivity contribution in [2.45, 2.75) is 50.0 Å². The SMILES string of the molecule is Fc1cc2nc(-c3cnnc(C4CCC(F)(F)C4)c3)n(C3CC3)c2cc1F. The predicted octanol–water partition coefficient (Wildman–Crippen LogP) is 5.01. The molecule has 3 aromatic rings. The highest BCUT2D eigenvalue weighted by atomic mass is 19.3. The van der Waals surface area contributed by atoms with Gasteiger partial charge < -0.3 is 4.57 Å². The summed E-state index contributed by atoms with van der Waals surface area (Å²) in [5, 5.41) is 8.03. The van der Waals surface area contributed by atoms with E-state index in [0.29, 0.717) is 34.5 Å². The lowest BCUT2D eigenvalue weighted by atomic mass is 10.0. The molecule has 4 nitrogen and oxygen atoms in total. The molecule has 0 spiro atoms. The van der Waals surface area contributed by atoms with Crippen molar-refractivity contribution in [2.24, 2.45) is 0 Å². The molecule has 2 fully saturated rings. The second-order valence-electron chi connectivity index (χ2n) is 7.46. The maximum absolute atomic E-state index is 13.8. The van der Waals surface area contributed by atoms with Gasteiger partial charge in [-0.25, -0.2) is 22.5 Å². The van der Waals surface area contributed by atoms with Crippen LogP contribution in [-0.4, -0.2) is 25.7 Å². The van der Waals surface area contributed by atoms with E-state index in [4.69, 9.17) is 0 Å². The molecule has 2 saturated carbocycles. The van der Waals surface area contributed by atoms with Crippen LogP contribution >= 0.6 is 0 Å². The van der Waals surface area contributed by atoms with Gasteiger partial charge in [0, 0.05) is 42.5 Å². The summed E-state index contributed by atoms with van der Waals surface area (Å²) in [4.78, 5) is 4.48. The molecule has 1 unspecified atom stereocenters. The van der Waals surface area contributed by atoms with Gasteiger partial charge in [0.25, 0.3) is 0 Å². The standard InChI is InChI=1S/C19H16F4N4/c20-13-6-16-17(7-14(13)21)27(12-1-2-12)18(25-16)11-5-15(26-24-9-11)10-3-4-19(22,23)8-10/h5-7,9-10,12H,1-4,8H2. The van der Waals surface area contributed by atoms with E-state index in [9.17, 15) is 17.6 Å². The van der Waals surface area contributed by atoms with E-state index in [0.717, 1.165) is 25.0 Å². The van der Waals surface area contributed by atoms with Crippen LogP contribution in [0.2, 0.25) is 0 Å². The van der Waals surface area contributed by atoms with E-state index in [1.165, 1.54) is 6.20 Å². The molecule has 0 bridgehead atoms. The Morgan fingerprint density at radius 3 is 2.52 bits per heavy atom. The molecule has 5 rings (SSSR count). The van der Waals surface area contributed by atoms with Gasteiger partial charge in [-0.15, -0.1) is 0 Å². The number of benzene rings is 1. The average Bonchev–Trinajstić information content (AvgIpc) is 3.31. The molecule has 1 aromatic carbocycles. The first kappa shape index (κ1) is 16.6. The van der Waals surface area contributed by atoms with Gasteiger partial charge in [-0.3, -0.25) is 0 Å². The number of halogens is 4. The maximum Gasteiger partial charge on any atom is 0.248 e. The first-order valence-corrected chi connectivity index (χ1v) is 8.99. The molecule has 2 aromatic heterocycles. The zero-order chi connectivity index (χ0) is 18.8. The Morgan fingerprint density at radius 1 is 1.04 bits per heavy atom. The van der Waals surface area contributed by atoms with Crippen LogP contribution in [0.4, 0.5) is 17.6 Å². The lowest BCUT2D eigenvalue weighted by molar-refractivity contribution is 0.00764. The molecular formula is C19H16F4N4. The minimum absolute atomic E-state index is 0.150. The zero-order valence-electron chi connectivity index (χ0n) is 14.3. The van der Waals surface area contributed by atoms with Gasteiger partial charge in [-0.1, -0.05) is 0 Å². The number of aromatic nitrogens is 4. The monoisotopic (exact) mass is 376 g/mol. The molecule has 140 valence electrons. The molecule has 0 amide bonds. The van der Waals surface area contributed by atoms with Gasteiger partial charge >= 0.3 is 0 Å². The van der Waals surface area contributed by atoms with Crippen LogP contribution in [0.15, 0.2) is 24.4 Å². The van der Waals surface area contributed by atoms with Crippen molar-refractivity contribution >= 4 is 11.0 Å². The minimum atomic E-state index is -2.67. The van der Waals surface area contributed by atoms with Crippen molar-refractivity contribution < 1.29 is 17.6 Å². The van der Waals surface area contributed by atoms with Crippen LogP contribution in [0.25, 0.3) is 22.4 Å². The normalized spacial score (nSPS) is 21.9. The lowest BCUT2D eigenvalue weighted by Crippen LogP contribution is -2.10. The summed E-state index contributed by atoms with van der Waals surface area (Å²) in [6, 6.07) is 4.14. The highest BCUT2D eigenvalue weighted by molar-refractivity contribution is 5.81. The number of fused-ring (bicyclic) bond motifs is 1. The number of alkyl halides is 2. The summed E-state index contributed by atoms with van der Waals surface area (Å²) in [6.07, 6.45) is 3.35. The highest BCUT2D eigenvalue weighted by Gasteiger charge is 2.41. The number of hydrogen-bond acceptors (Lipinski definition) is 3. The van der Waals surface area contributed by atoms with Crippen molar-refractivity contribution in [3.05, 3.63) is 41.7 Å². The molecule has 0 radical (unpaired) electrons. The summed E-state index contributed by atoms with van der Waals surface area (Å²) in [5.74, 6) is -4.34. The second-order valence-corrected chi connectivity index (χ2v) is 7.46. The molecule has 2 heterocycles. The fraction of sp³-hybridized carbons (Fsp3) is 0.421. The summed E-state index contributed by atoms with van der Waals surface area (Å²) in [5.41, 5.74) is 2.02. The van der Waals surface area contributed by atoms with Crippen LogP contribution in [0.5, 0.6) is 0 Å². The Bertz CT molecular complexity index is 1040. The fourth-order valence-corrected chi connectivity index (χ4v) is 3.90. The zero-order valence-corrected chi connectivity index (χ0v) is 14.3. The fourth-order valence-electron chi connectivity index (χ4n) is 3.90. The third-order valence-corrected chi connectivity index (χ3v) is 5.40. The summed E-state index contributed by atoms with van der Waals surface area (Å²) < 4.78 is 56.4. The van der Waals surface area contributed by atoms with E-state index >= 15 is 0 Å². The van der Waals surface area contributed by atoms with Gasteiger partial charge in [0.15, 0.2) is 11.6 Å². The van der Waals surface area contributed by atoms with Gasteiger partial charge in [-0.2, -0.15) is 10.2 Å². The van der Waals surface area contributed by atoms with Gasteiger partial charge in [0.2, 0.25) is 5.92 Å². The number of rotatable bonds is 3. The van der Waals surface area contributed by atoms with Gasteiger partial charge in [0.05, 0.1) is 22.9 Å². The molecule has 0 aliphatic heterocycles. The van der Waals surface area contributed by atoms with Gasteiger partial charge in [0.1, 0.15) is 5.82 Å². The molecule has 2 aliphatic rings. The third kappa shape index (κ3) is 2.87. The summed E-state index contributed by atoms with van der Waals surface area (Å²) >= 11 is 0. The third-order valence-electron chi connectivity index (χ3n) is 5.40. The average molecular weight is 376 g/mol. The number of imidazole rings is 1. The van der Waals surface area contributed by atoms with Crippen molar-refractivity contribution in [1.82, 2.24) is 19.7 Å². The molecule has 0 saturated heterocycles. The Kier molecular flexibility index (Phi) is 3.54. The number of hydrogen-bond donors (Lipinski definition) is 0.